The van der Waals surface area contributed by atoms with Gasteiger partial charge >= 0.3 is 0 Å². The van der Waals surface area contributed by atoms with Crippen LogP contribution in [-0.2, 0) is 23.7 Å². The second-order valence-electron chi connectivity index (χ2n) is 12.0. The molecule has 0 fully saturated rings. The van der Waals surface area contributed by atoms with Crippen LogP contribution in [-0.4, -0.2) is 15.3 Å². The molecule has 3 aromatic rings. The number of hydrogen-bond acceptors (Lipinski definition) is 3. The highest BCUT2D eigenvalue weighted by molar-refractivity contribution is 5.53. The molecule has 0 saturated heterocycles. The zero-order chi connectivity index (χ0) is 27.3. The van der Waals surface area contributed by atoms with Crippen LogP contribution in [0.15, 0.2) is 48.5 Å². The van der Waals surface area contributed by atoms with E-state index in [1.807, 2.05) is 30.3 Å². The van der Waals surface area contributed by atoms with Gasteiger partial charge in [0.25, 0.3) is 0 Å². The Morgan fingerprint density at radius 2 is 1.08 bits per heavy atom. The van der Waals surface area contributed by atoms with Crippen molar-refractivity contribution in [3.63, 3.8) is 0 Å². The lowest BCUT2D eigenvalue weighted by Crippen LogP contribution is -2.14. The van der Waals surface area contributed by atoms with Crippen molar-refractivity contribution < 1.29 is 15.3 Å². The van der Waals surface area contributed by atoms with Crippen LogP contribution >= 0.6 is 0 Å². The summed E-state index contributed by atoms with van der Waals surface area (Å²) in [5, 5.41) is 31.0. The molecule has 0 aliphatic heterocycles. The van der Waals surface area contributed by atoms with Crippen LogP contribution in [0.1, 0.15) is 100 Å². The first-order valence-corrected chi connectivity index (χ1v) is 13.1. The van der Waals surface area contributed by atoms with Gasteiger partial charge in [0.15, 0.2) is 0 Å². The van der Waals surface area contributed by atoms with Gasteiger partial charge in [-0.25, -0.2) is 0 Å². The number of benzene rings is 3. The Hall–Kier alpha value is -2.94. The smallest absolute Gasteiger partial charge is 0.122 e. The fourth-order valence-corrected chi connectivity index (χ4v) is 4.42. The fourth-order valence-electron chi connectivity index (χ4n) is 4.42. The third-order valence-corrected chi connectivity index (χ3v) is 6.45. The van der Waals surface area contributed by atoms with Crippen LogP contribution in [0, 0.1) is 13.8 Å². The van der Waals surface area contributed by atoms with E-state index in [1.165, 1.54) is 6.42 Å². The summed E-state index contributed by atoms with van der Waals surface area (Å²) in [7, 11) is 0. The Kier molecular flexibility index (Phi) is 9.65. The summed E-state index contributed by atoms with van der Waals surface area (Å²) < 4.78 is 0. The van der Waals surface area contributed by atoms with E-state index in [0.29, 0.717) is 23.7 Å². The Balaban J connectivity index is 0.000000346. The average molecular weight is 491 g/mol. The normalized spacial score (nSPS) is 11.7. The van der Waals surface area contributed by atoms with Gasteiger partial charge in [-0.3, -0.25) is 0 Å². The third kappa shape index (κ3) is 7.78. The van der Waals surface area contributed by atoms with Crippen LogP contribution < -0.4 is 0 Å². The number of rotatable bonds is 5. The van der Waals surface area contributed by atoms with E-state index in [2.05, 4.69) is 74.4 Å². The molecular formula is C33H46O3. The maximum atomic E-state index is 10.8. The largest absolute Gasteiger partial charge is 0.508 e. The molecule has 0 aliphatic carbocycles. The second kappa shape index (κ2) is 11.9. The second-order valence-corrected chi connectivity index (χ2v) is 12.0. The van der Waals surface area contributed by atoms with Crippen LogP contribution in [0.3, 0.4) is 0 Å². The first kappa shape index (κ1) is 29.3. The highest BCUT2D eigenvalue weighted by Gasteiger charge is 2.24. The number of phenolic OH excluding ortho intramolecular Hbond substituents is 3. The van der Waals surface area contributed by atoms with E-state index in [1.54, 1.807) is 6.07 Å². The summed E-state index contributed by atoms with van der Waals surface area (Å²) in [5.74, 6) is 1.12. The number of para-hydroxylation sites is 1. The molecule has 0 radical (unpaired) electrons. The molecule has 196 valence electrons. The van der Waals surface area contributed by atoms with E-state index >= 15 is 0 Å². The van der Waals surface area contributed by atoms with Crippen molar-refractivity contribution in [1.82, 2.24) is 0 Å². The number of phenols is 3. The van der Waals surface area contributed by atoms with E-state index in [9.17, 15) is 15.3 Å². The molecule has 0 amide bonds. The molecule has 3 N–H and O–H groups in total. The number of unbranched alkanes of at least 4 members (excludes halogenated alkanes) is 1. The van der Waals surface area contributed by atoms with E-state index in [-0.39, 0.29) is 10.8 Å². The molecule has 0 spiro atoms. The molecule has 0 aromatic heterocycles. The molecule has 3 aromatic carbocycles. The van der Waals surface area contributed by atoms with Gasteiger partial charge in [0, 0.05) is 6.42 Å². The van der Waals surface area contributed by atoms with Crippen LogP contribution in [0.25, 0.3) is 0 Å². The molecule has 0 unspecified atom stereocenters. The van der Waals surface area contributed by atoms with E-state index in [4.69, 9.17) is 0 Å². The summed E-state index contributed by atoms with van der Waals surface area (Å²) >= 11 is 0. The Bertz CT molecular complexity index is 1090. The summed E-state index contributed by atoms with van der Waals surface area (Å²) in [6.07, 6.45) is 3.84. The predicted molar refractivity (Wildman–Crippen MR) is 153 cm³/mol. The van der Waals surface area contributed by atoms with Gasteiger partial charge in [-0.05, 0) is 71.4 Å². The lowest BCUT2D eigenvalue weighted by atomic mass is 9.81. The quantitative estimate of drug-likeness (QED) is 0.335. The third-order valence-electron chi connectivity index (χ3n) is 6.45. The van der Waals surface area contributed by atoms with Gasteiger partial charge in [-0.15, -0.1) is 0 Å². The zero-order valence-corrected chi connectivity index (χ0v) is 23.8. The van der Waals surface area contributed by atoms with Crippen LogP contribution in [0.2, 0.25) is 0 Å². The lowest BCUT2D eigenvalue weighted by Gasteiger charge is -2.25. The molecule has 0 atom stereocenters. The molecule has 3 heteroatoms. The van der Waals surface area contributed by atoms with Gasteiger partial charge in [0.2, 0.25) is 0 Å². The summed E-state index contributed by atoms with van der Waals surface area (Å²) in [5.41, 5.74) is 6.69. The minimum Gasteiger partial charge on any atom is -0.508 e. The minimum absolute atomic E-state index is 0.129. The highest BCUT2D eigenvalue weighted by Crippen LogP contribution is 2.39. The SMILES string of the molecule is CCCCc1ccccc1O.Cc1cc(Cc2cc(C)cc(C(C)(C)C)c2O)c(O)c(C(C)(C)C)c1. The standard InChI is InChI=1S/C23H32O2.C10H14O/c1-14-9-16(20(24)18(11-14)22(3,4)5)13-17-10-15(2)12-19(21(17)25)23(6,7)8;1-2-3-6-9-7-4-5-8-10(9)11/h9-12,24-25H,13H2,1-8H3;4-5,7-8,11H,2-3,6H2,1H3. The topological polar surface area (TPSA) is 60.7 Å². The van der Waals surface area contributed by atoms with E-state index < -0.39 is 0 Å². The summed E-state index contributed by atoms with van der Waals surface area (Å²) in [4.78, 5) is 0. The molecule has 36 heavy (non-hydrogen) atoms. The van der Waals surface area contributed by atoms with Gasteiger partial charge < -0.3 is 15.3 Å². The Morgan fingerprint density at radius 1 is 0.639 bits per heavy atom. The van der Waals surface area contributed by atoms with Crippen molar-refractivity contribution in [1.29, 1.82) is 0 Å². The molecule has 0 saturated carbocycles. The molecule has 0 heterocycles. The molecular weight excluding hydrogens is 444 g/mol. The monoisotopic (exact) mass is 490 g/mol. The van der Waals surface area contributed by atoms with E-state index in [0.717, 1.165) is 51.8 Å². The molecule has 0 bridgehead atoms. The Labute approximate surface area is 218 Å². The highest BCUT2D eigenvalue weighted by atomic mass is 16.3. The minimum atomic E-state index is -0.129. The maximum Gasteiger partial charge on any atom is 0.122 e. The van der Waals surface area contributed by atoms with Crippen molar-refractivity contribution in [3.05, 3.63) is 87.5 Å². The summed E-state index contributed by atoms with van der Waals surface area (Å²) in [6, 6.07) is 15.7. The van der Waals surface area contributed by atoms with Crippen molar-refractivity contribution in [3.8, 4) is 17.2 Å². The number of hydrogen-bond donors (Lipinski definition) is 3. The van der Waals surface area contributed by atoms with Crippen molar-refractivity contribution >= 4 is 0 Å². The first-order valence-electron chi connectivity index (χ1n) is 13.1. The van der Waals surface area contributed by atoms with Crippen molar-refractivity contribution in [2.75, 3.05) is 0 Å². The number of aromatic hydroxyl groups is 3. The zero-order valence-electron chi connectivity index (χ0n) is 23.8. The maximum absolute atomic E-state index is 10.8. The van der Waals surface area contributed by atoms with Crippen LogP contribution in [0.5, 0.6) is 17.2 Å². The molecule has 3 rings (SSSR count). The first-order chi connectivity index (χ1) is 16.6. The van der Waals surface area contributed by atoms with Gasteiger partial charge in [0.1, 0.15) is 17.2 Å². The van der Waals surface area contributed by atoms with Crippen molar-refractivity contribution in [2.45, 2.75) is 98.8 Å². The van der Waals surface area contributed by atoms with Gasteiger partial charge in [-0.2, -0.15) is 0 Å². The van der Waals surface area contributed by atoms with Gasteiger partial charge in [-0.1, -0.05) is 108 Å². The Morgan fingerprint density at radius 3 is 1.47 bits per heavy atom. The van der Waals surface area contributed by atoms with Gasteiger partial charge in [0.05, 0.1) is 0 Å². The average Bonchev–Trinajstić information content (AvgIpc) is 2.76. The summed E-state index contributed by atoms with van der Waals surface area (Å²) in [6.45, 7) is 18.9. The predicted octanol–water partition coefficient (Wildman–Crippen LogP) is 8.64. The molecule has 3 nitrogen and oxygen atoms in total. The number of aryl methyl sites for hydroxylation is 3. The lowest BCUT2D eigenvalue weighted by molar-refractivity contribution is 0.435. The van der Waals surface area contributed by atoms with Crippen LogP contribution in [0.4, 0.5) is 0 Å². The fraction of sp³-hybridized carbons (Fsp3) is 0.455. The molecule has 0 aliphatic rings. The van der Waals surface area contributed by atoms with Crippen molar-refractivity contribution in [2.24, 2.45) is 0 Å².